The van der Waals surface area contributed by atoms with Gasteiger partial charge in [-0.2, -0.15) is 0 Å². The number of carboxylic acids is 1. The molecule has 3 aromatic carbocycles. The van der Waals surface area contributed by atoms with E-state index in [-0.39, 0.29) is 11.2 Å². The molecule has 0 aliphatic carbocycles. The number of thiol groups is 1. The average Bonchev–Trinajstić information content (AvgIpc) is 3.12. The number of hydrogen-bond donors (Lipinski definition) is 2. The Morgan fingerprint density at radius 2 is 1.59 bits per heavy atom. The minimum Gasteiger partial charge on any atom is -0.480 e. The molecule has 1 heterocycles. The van der Waals surface area contributed by atoms with E-state index in [0.717, 1.165) is 28.1 Å². The van der Waals surface area contributed by atoms with Crippen LogP contribution in [0.25, 0.3) is 11.1 Å². The number of aliphatic carboxylic acids is 1. The summed E-state index contributed by atoms with van der Waals surface area (Å²) in [5.74, 6) is -0.907. The lowest BCUT2D eigenvalue weighted by atomic mass is 9.86. The molecule has 5 nitrogen and oxygen atoms in total. The lowest BCUT2D eigenvalue weighted by Gasteiger charge is -2.25. The maximum absolute atomic E-state index is 12.0. The molecule has 0 spiro atoms. The van der Waals surface area contributed by atoms with Crippen molar-refractivity contribution in [3.05, 3.63) is 83.4 Å². The van der Waals surface area contributed by atoms with E-state index >= 15 is 0 Å². The van der Waals surface area contributed by atoms with Gasteiger partial charge in [0.05, 0.1) is 5.75 Å². The topological polar surface area (TPSA) is 74.7 Å². The summed E-state index contributed by atoms with van der Waals surface area (Å²) in [6.45, 7) is 6.56. The molecule has 4 rings (SSSR count). The number of hydrogen-bond acceptors (Lipinski definition) is 4. The van der Waals surface area contributed by atoms with E-state index in [1.165, 1.54) is 5.56 Å². The maximum atomic E-state index is 12.0. The zero-order valence-electron chi connectivity index (χ0n) is 18.4. The highest BCUT2D eigenvalue weighted by Crippen LogP contribution is 2.40. The van der Waals surface area contributed by atoms with Crippen molar-refractivity contribution >= 4 is 28.0 Å². The summed E-state index contributed by atoms with van der Waals surface area (Å²) in [6.07, 6.45) is 0.409. The molecule has 0 amide bonds. The van der Waals surface area contributed by atoms with Gasteiger partial charge in [0.2, 0.25) is 0 Å². The van der Waals surface area contributed by atoms with E-state index in [2.05, 4.69) is 51.1 Å². The van der Waals surface area contributed by atoms with Crippen LogP contribution >= 0.6 is 0 Å². The Balaban J connectivity index is 1.68. The minimum absolute atomic E-state index is 0.0219. The largest absolute Gasteiger partial charge is 0.480 e. The number of carboxylic acid groups (broad SMARTS) is 1. The van der Waals surface area contributed by atoms with Gasteiger partial charge in [0, 0.05) is 17.8 Å². The first-order chi connectivity index (χ1) is 15.1. The van der Waals surface area contributed by atoms with Gasteiger partial charge >= 0.3 is 5.97 Å². The number of nitrogens with zero attached hydrogens (tertiary/aromatic N) is 1. The lowest BCUT2D eigenvalue weighted by molar-refractivity contribution is -0.138. The Morgan fingerprint density at radius 3 is 2.16 bits per heavy atom. The summed E-state index contributed by atoms with van der Waals surface area (Å²) in [5.41, 5.74) is 6.80. The first kappa shape index (κ1) is 22.1. The van der Waals surface area contributed by atoms with Gasteiger partial charge in [-0.1, -0.05) is 63.2 Å². The Hall–Kier alpha value is -3.12. The van der Waals surface area contributed by atoms with Crippen molar-refractivity contribution < 1.29 is 18.3 Å². The van der Waals surface area contributed by atoms with Crippen LogP contribution in [0.1, 0.15) is 37.5 Å². The van der Waals surface area contributed by atoms with Crippen LogP contribution in [0.3, 0.4) is 0 Å². The fraction of sp³-hybridized carbons (Fsp3) is 0.269. The molecule has 0 saturated heterocycles. The van der Waals surface area contributed by atoms with E-state index < -0.39 is 22.7 Å². The Morgan fingerprint density at radius 1 is 0.969 bits per heavy atom. The Kier molecular flexibility index (Phi) is 5.82. The van der Waals surface area contributed by atoms with Crippen LogP contribution in [0.15, 0.2) is 66.7 Å². The van der Waals surface area contributed by atoms with Crippen LogP contribution in [-0.4, -0.2) is 25.5 Å². The summed E-state index contributed by atoms with van der Waals surface area (Å²) >= 11 is 0. The molecule has 0 saturated carbocycles. The predicted molar refractivity (Wildman–Crippen MR) is 128 cm³/mol. The third-order valence-corrected chi connectivity index (χ3v) is 6.58. The van der Waals surface area contributed by atoms with Gasteiger partial charge < -0.3 is 10.0 Å². The summed E-state index contributed by atoms with van der Waals surface area (Å²) in [6, 6.07) is 21.0. The van der Waals surface area contributed by atoms with Crippen LogP contribution in [0.4, 0.5) is 11.4 Å². The third kappa shape index (κ3) is 4.41. The standard InChI is InChI=1S/C26H27NO4S/c1-26(2,3)21-9-6-18(7-10-21)19-8-13-23-20(14-19)15-24(25(28)29)27(23)22-11-4-17(5-12-22)16-32(30)31/h4-14,24,32H,15-16H2,1-3H3,(H,28,29). The minimum atomic E-state index is -2.50. The van der Waals surface area contributed by atoms with Gasteiger partial charge in [-0.05, 0) is 57.5 Å². The molecule has 166 valence electrons. The highest BCUT2D eigenvalue weighted by Gasteiger charge is 2.35. The molecular formula is C26H27NO4S. The second-order valence-corrected chi connectivity index (χ2v) is 10.2. The fourth-order valence-electron chi connectivity index (χ4n) is 4.22. The number of fused-ring (bicyclic) bond motifs is 1. The van der Waals surface area contributed by atoms with Crippen molar-refractivity contribution in [3.63, 3.8) is 0 Å². The monoisotopic (exact) mass is 449 g/mol. The smallest absolute Gasteiger partial charge is 0.327 e. The van der Waals surface area contributed by atoms with Crippen LogP contribution in [0, 0.1) is 0 Å². The van der Waals surface area contributed by atoms with Crippen LogP contribution < -0.4 is 4.90 Å². The van der Waals surface area contributed by atoms with Gasteiger partial charge in [0.25, 0.3) is 0 Å². The molecule has 0 bridgehead atoms. The van der Waals surface area contributed by atoms with E-state index in [1.807, 2.05) is 17.0 Å². The molecule has 6 heteroatoms. The van der Waals surface area contributed by atoms with Crippen LogP contribution in [-0.2, 0) is 33.1 Å². The maximum Gasteiger partial charge on any atom is 0.327 e. The zero-order valence-corrected chi connectivity index (χ0v) is 19.3. The molecule has 3 aromatic rings. The normalized spacial score (nSPS) is 15.8. The van der Waals surface area contributed by atoms with Crippen molar-refractivity contribution in [1.29, 1.82) is 0 Å². The molecule has 0 fully saturated rings. The van der Waals surface area contributed by atoms with Crippen molar-refractivity contribution in [2.24, 2.45) is 0 Å². The van der Waals surface area contributed by atoms with Crippen molar-refractivity contribution in [2.75, 3.05) is 4.90 Å². The first-order valence-electron chi connectivity index (χ1n) is 10.6. The number of anilines is 2. The second-order valence-electron chi connectivity index (χ2n) is 9.26. The molecule has 1 unspecified atom stereocenters. The second kappa shape index (κ2) is 8.43. The zero-order chi connectivity index (χ0) is 23.0. The molecule has 0 aromatic heterocycles. The molecular weight excluding hydrogens is 422 g/mol. The van der Waals surface area contributed by atoms with Crippen molar-refractivity contribution in [2.45, 2.75) is 44.4 Å². The fourth-order valence-corrected chi connectivity index (χ4v) is 4.73. The SMILES string of the molecule is CC(C)(C)c1ccc(-c2ccc3c(c2)CC(C(=O)O)N3c2ccc(C[SH](=O)=O)cc2)cc1. The molecule has 1 N–H and O–H groups in total. The molecule has 0 radical (unpaired) electrons. The van der Waals surface area contributed by atoms with Crippen molar-refractivity contribution in [3.8, 4) is 11.1 Å². The highest BCUT2D eigenvalue weighted by molar-refractivity contribution is 7.71. The summed E-state index contributed by atoms with van der Waals surface area (Å²) in [7, 11) is -2.50. The summed E-state index contributed by atoms with van der Waals surface area (Å²) in [5, 5.41) is 9.86. The van der Waals surface area contributed by atoms with E-state index in [1.54, 1.807) is 24.3 Å². The predicted octanol–water partition coefficient (Wildman–Crippen LogP) is 4.91. The number of benzene rings is 3. The van der Waals surface area contributed by atoms with Gasteiger partial charge in [-0.3, -0.25) is 0 Å². The third-order valence-electron chi connectivity index (χ3n) is 5.96. The summed E-state index contributed by atoms with van der Waals surface area (Å²) in [4.78, 5) is 13.9. The van der Waals surface area contributed by atoms with Gasteiger partial charge in [-0.25, -0.2) is 13.2 Å². The Bertz CT molecular complexity index is 1210. The summed E-state index contributed by atoms with van der Waals surface area (Å²) < 4.78 is 22.0. The average molecular weight is 450 g/mol. The molecule has 1 atom stereocenters. The van der Waals surface area contributed by atoms with Crippen LogP contribution in [0.5, 0.6) is 0 Å². The van der Waals surface area contributed by atoms with Gasteiger partial charge in [-0.15, -0.1) is 0 Å². The number of rotatable bonds is 5. The van der Waals surface area contributed by atoms with Gasteiger partial charge in [0.1, 0.15) is 16.7 Å². The quantitative estimate of drug-likeness (QED) is 0.542. The highest BCUT2D eigenvalue weighted by atomic mass is 32.2. The number of carbonyl (C=O) groups is 1. The van der Waals surface area contributed by atoms with Crippen LogP contribution in [0.2, 0.25) is 0 Å². The molecule has 1 aliphatic rings. The van der Waals surface area contributed by atoms with E-state index in [4.69, 9.17) is 0 Å². The molecule has 1 aliphatic heterocycles. The van der Waals surface area contributed by atoms with E-state index in [0.29, 0.717) is 12.0 Å². The molecule has 32 heavy (non-hydrogen) atoms. The van der Waals surface area contributed by atoms with E-state index in [9.17, 15) is 18.3 Å². The van der Waals surface area contributed by atoms with Gasteiger partial charge in [0.15, 0.2) is 0 Å². The lowest BCUT2D eigenvalue weighted by Crippen LogP contribution is -2.35. The Labute approximate surface area is 190 Å². The van der Waals surface area contributed by atoms with Crippen molar-refractivity contribution in [1.82, 2.24) is 0 Å². The first-order valence-corrected chi connectivity index (χ1v) is 12.0.